The summed E-state index contributed by atoms with van der Waals surface area (Å²) in [4.78, 5) is 0. The summed E-state index contributed by atoms with van der Waals surface area (Å²) in [5, 5.41) is 4.14. The van der Waals surface area contributed by atoms with Crippen molar-refractivity contribution >= 4 is 11.6 Å². The Balaban J connectivity index is 2.39. The SMILES string of the molecule is Cc1nn(C)c(Oc2cc(F)cc(F)c2)c1CCl. The summed E-state index contributed by atoms with van der Waals surface area (Å²) >= 11 is 5.80. The van der Waals surface area contributed by atoms with Gasteiger partial charge in [0.15, 0.2) is 0 Å². The van der Waals surface area contributed by atoms with Crippen LogP contribution in [0.1, 0.15) is 11.3 Å². The lowest BCUT2D eigenvalue weighted by Crippen LogP contribution is -1.97. The molecule has 0 spiro atoms. The van der Waals surface area contributed by atoms with Crippen LogP contribution in [0.4, 0.5) is 8.78 Å². The highest BCUT2D eigenvalue weighted by atomic mass is 35.5. The maximum Gasteiger partial charge on any atom is 0.222 e. The molecule has 0 saturated carbocycles. The highest BCUT2D eigenvalue weighted by Gasteiger charge is 2.15. The van der Waals surface area contributed by atoms with E-state index in [1.54, 1.807) is 14.0 Å². The molecule has 0 bridgehead atoms. The Kier molecular flexibility index (Phi) is 3.52. The fourth-order valence-electron chi connectivity index (χ4n) is 1.66. The summed E-state index contributed by atoms with van der Waals surface area (Å²) in [7, 11) is 1.67. The van der Waals surface area contributed by atoms with E-state index in [1.165, 1.54) is 4.68 Å². The molecule has 1 aromatic heterocycles. The number of benzene rings is 1. The lowest BCUT2D eigenvalue weighted by atomic mass is 10.3. The maximum absolute atomic E-state index is 13.1. The number of hydrogen-bond acceptors (Lipinski definition) is 2. The summed E-state index contributed by atoms with van der Waals surface area (Å²) in [5.41, 5.74) is 1.42. The second-order valence-corrected chi connectivity index (χ2v) is 4.10. The minimum atomic E-state index is -0.698. The normalized spacial score (nSPS) is 10.7. The van der Waals surface area contributed by atoms with Crippen molar-refractivity contribution in [3.05, 3.63) is 41.1 Å². The van der Waals surface area contributed by atoms with Crippen LogP contribution >= 0.6 is 11.6 Å². The Morgan fingerprint density at radius 3 is 2.44 bits per heavy atom. The van der Waals surface area contributed by atoms with Crippen LogP contribution in [0, 0.1) is 18.6 Å². The van der Waals surface area contributed by atoms with Gasteiger partial charge >= 0.3 is 0 Å². The Hall–Kier alpha value is -1.62. The fourth-order valence-corrected chi connectivity index (χ4v) is 1.97. The molecule has 0 atom stereocenters. The Morgan fingerprint density at radius 1 is 1.28 bits per heavy atom. The summed E-state index contributed by atoms with van der Waals surface area (Å²) in [6, 6.07) is 2.98. The number of aromatic nitrogens is 2. The van der Waals surface area contributed by atoms with E-state index >= 15 is 0 Å². The summed E-state index contributed by atoms with van der Waals surface area (Å²) in [6.45, 7) is 1.79. The minimum absolute atomic E-state index is 0.0712. The summed E-state index contributed by atoms with van der Waals surface area (Å²) < 4.78 is 33.0. The first kappa shape index (κ1) is 12.8. The van der Waals surface area contributed by atoms with Gasteiger partial charge in [-0.1, -0.05) is 0 Å². The largest absolute Gasteiger partial charge is 0.439 e. The molecule has 1 aromatic carbocycles. The predicted octanol–water partition coefficient (Wildman–Crippen LogP) is 3.54. The lowest BCUT2D eigenvalue weighted by Gasteiger charge is -2.07. The molecule has 0 aliphatic heterocycles. The molecule has 0 N–H and O–H groups in total. The van der Waals surface area contributed by atoms with Gasteiger partial charge in [0.25, 0.3) is 0 Å². The molecule has 0 aliphatic rings. The van der Waals surface area contributed by atoms with Crippen molar-refractivity contribution in [1.29, 1.82) is 0 Å². The van der Waals surface area contributed by atoms with E-state index in [0.717, 1.165) is 23.9 Å². The average molecular weight is 273 g/mol. The van der Waals surface area contributed by atoms with Crippen molar-refractivity contribution in [2.45, 2.75) is 12.8 Å². The van der Waals surface area contributed by atoms with Crippen LogP contribution in [0.2, 0.25) is 0 Å². The molecule has 0 fully saturated rings. The van der Waals surface area contributed by atoms with E-state index in [1.807, 2.05) is 0 Å². The van der Waals surface area contributed by atoms with E-state index in [9.17, 15) is 8.78 Å². The Morgan fingerprint density at radius 2 is 1.89 bits per heavy atom. The molecule has 6 heteroatoms. The third kappa shape index (κ3) is 2.46. The highest BCUT2D eigenvalue weighted by Crippen LogP contribution is 2.29. The molecule has 2 aromatic rings. The molecule has 0 aliphatic carbocycles. The zero-order valence-corrected chi connectivity index (χ0v) is 10.6. The van der Waals surface area contributed by atoms with E-state index in [2.05, 4.69) is 5.10 Å². The van der Waals surface area contributed by atoms with Crippen molar-refractivity contribution in [2.24, 2.45) is 7.05 Å². The van der Waals surface area contributed by atoms with Gasteiger partial charge < -0.3 is 4.74 Å². The van der Waals surface area contributed by atoms with Crippen LogP contribution in [-0.4, -0.2) is 9.78 Å². The van der Waals surface area contributed by atoms with Crippen molar-refractivity contribution in [1.82, 2.24) is 9.78 Å². The second-order valence-electron chi connectivity index (χ2n) is 3.83. The van der Waals surface area contributed by atoms with Crippen molar-refractivity contribution in [3.8, 4) is 11.6 Å². The average Bonchev–Trinajstić information content (AvgIpc) is 2.52. The molecule has 18 heavy (non-hydrogen) atoms. The number of halogens is 3. The number of aryl methyl sites for hydroxylation is 2. The first-order valence-corrected chi connectivity index (χ1v) is 5.77. The number of alkyl halides is 1. The maximum atomic E-state index is 13.1. The Labute approximate surface area is 108 Å². The number of nitrogens with zero attached hydrogens (tertiary/aromatic N) is 2. The summed E-state index contributed by atoms with van der Waals surface area (Å²) in [6.07, 6.45) is 0. The molecule has 3 nitrogen and oxygen atoms in total. The number of ether oxygens (including phenoxy) is 1. The van der Waals surface area contributed by atoms with Gasteiger partial charge in [-0.3, -0.25) is 0 Å². The van der Waals surface area contributed by atoms with Crippen molar-refractivity contribution < 1.29 is 13.5 Å². The van der Waals surface area contributed by atoms with Gasteiger partial charge in [-0.2, -0.15) is 5.10 Å². The van der Waals surface area contributed by atoms with Crippen LogP contribution in [0.3, 0.4) is 0 Å². The standard InChI is InChI=1S/C12H11ClF2N2O/c1-7-11(6-13)12(17(2)16-7)18-10-4-8(14)3-9(15)5-10/h3-5H,6H2,1-2H3. The van der Waals surface area contributed by atoms with Gasteiger partial charge in [0, 0.05) is 25.2 Å². The molecular formula is C12H11ClF2N2O. The zero-order chi connectivity index (χ0) is 13.3. The molecule has 2 rings (SSSR count). The van der Waals surface area contributed by atoms with Gasteiger partial charge in [0.1, 0.15) is 17.4 Å². The predicted molar refractivity (Wildman–Crippen MR) is 63.9 cm³/mol. The van der Waals surface area contributed by atoms with Crippen molar-refractivity contribution in [3.63, 3.8) is 0 Å². The number of rotatable bonds is 3. The van der Waals surface area contributed by atoms with Gasteiger partial charge in [0.2, 0.25) is 5.88 Å². The third-order valence-electron chi connectivity index (χ3n) is 2.47. The lowest BCUT2D eigenvalue weighted by molar-refractivity contribution is 0.420. The molecule has 0 saturated heterocycles. The monoisotopic (exact) mass is 272 g/mol. The van der Waals surface area contributed by atoms with E-state index in [4.69, 9.17) is 16.3 Å². The van der Waals surface area contributed by atoms with Gasteiger partial charge in [0.05, 0.1) is 17.1 Å². The second kappa shape index (κ2) is 4.94. The minimum Gasteiger partial charge on any atom is -0.439 e. The van der Waals surface area contributed by atoms with E-state index in [0.29, 0.717) is 11.4 Å². The van der Waals surface area contributed by atoms with Crippen LogP contribution in [0.5, 0.6) is 11.6 Å². The van der Waals surface area contributed by atoms with Crippen LogP contribution in [-0.2, 0) is 12.9 Å². The topological polar surface area (TPSA) is 27.1 Å². The molecular weight excluding hydrogens is 262 g/mol. The molecule has 96 valence electrons. The zero-order valence-electron chi connectivity index (χ0n) is 9.88. The van der Waals surface area contributed by atoms with Crippen molar-refractivity contribution in [2.75, 3.05) is 0 Å². The van der Waals surface area contributed by atoms with Gasteiger partial charge in [-0.05, 0) is 6.92 Å². The molecule has 0 unspecified atom stereocenters. The van der Waals surface area contributed by atoms with E-state index < -0.39 is 11.6 Å². The first-order chi connectivity index (χ1) is 8.51. The van der Waals surface area contributed by atoms with E-state index in [-0.39, 0.29) is 11.6 Å². The first-order valence-electron chi connectivity index (χ1n) is 5.23. The quantitative estimate of drug-likeness (QED) is 0.799. The smallest absolute Gasteiger partial charge is 0.222 e. The molecule has 1 heterocycles. The molecule has 0 amide bonds. The molecule has 0 radical (unpaired) electrons. The van der Waals surface area contributed by atoms with Crippen LogP contribution in [0.15, 0.2) is 18.2 Å². The fraction of sp³-hybridized carbons (Fsp3) is 0.250. The van der Waals surface area contributed by atoms with Crippen LogP contribution in [0.25, 0.3) is 0 Å². The third-order valence-corrected chi connectivity index (χ3v) is 2.74. The Bertz CT molecular complexity index is 563. The highest BCUT2D eigenvalue weighted by molar-refractivity contribution is 6.17. The number of hydrogen-bond donors (Lipinski definition) is 0. The summed E-state index contributed by atoms with van der Waals surface area (Å²) in [5.74, 6) is -0.728. The van der Waals surface area contributed by atoms with Gasteiger partial charge in [-0.25, -0.2) is 13.5 Å². The van der Waals surface area contributed by atoms with Gasteiger partial charge in [-0.15, -0.1) is 11.6 Å². The van der Waals surface area contributed by atoms with Crippen LogP contribution < -0.4 is 4.74 Å².